The zero-order valence-electron chi connectivity index (χ0n) is 14.1. The quantitative estimate of drug-likeness (QED) is 0.327. The van der Waals surface area contributed by atoms with Gasteiger partial charge in [-0.1, -0.05) is 54.7 Å². The molecule has 3 rings (SSSR count). The van der Waals surface area contributed by atoms with Crippen molar-refractivity contribution in [2.45, 2.75) is 19.8 Å². The maximum Gasteiger partial charge on any atom is 0.356 e. The molecule has 0 aliphatic carbocycles. The number of aromatic hydroxyl groups is 1. The van der Waals surface area contributed by atoms with Gasteiger partial charge in [0.15, 0.2) is 16.5 Å². The van der Waals surface area contributed by atoms with Crippen LogP contribution in [0.4, 0.5) is 11.4 Å². The van der Waals surface area contributed by atoms with E-state index in [1.807, 2.05) is 32.0 Å². The summed E-state index contributed by atoms with van der Waals surface area (Å²) in [6.45, 7) is 4.08. The summed E-state index contributed by atoms with van der Waals surface area (Å²) in [6, 6.07) is 5.66. The van der Waals surface area contributed by atoms with Crippen LogP contribution in [0.15, 0.2) is 28.4 Å². The summed E-state index contributed by atoms with van der Waals surface area (Å²) in [4.78, 5) is 17.7. The van der Waals surface area contributed by atoms with Crippen LogP contribution in [0.25, 0.3) is 10.9 Å². The van der Waals surface area contributed by atoms with Gasteiger partial charge in [0, 0.05) is 5.39 Å². The number of halogens is 3. The maximum atomic E-state index is 11.2. The Morgan fingerprint density at radius 2 is 1.81 bits per heavy atom. The molecule has 0 bridgehead atoms. The second kappa shape index (κ2) is 7.34. The fourth-order valence-electron chi connectivity index (χ4n) is 2.47. The zero-order chi connectivity index (χ0) is 19.9. The predicted molar refractivity (Wildman–Crippen MR) is 104 cm³/mol. The number of fused-ring (bicyclic) bond motifs is 1. The molecule has 140 valence electrons. The number of aromatic carboxylic acids is 1. The molecular formula is C17H13Cl3N4O3. The molecule has 0 aliphatic heterocycles. The number of benzene rings is 1. The summed E-state index contributed by atoms with van der Waals surface area (Å²) in [5, 5.41) is 27.2. The number of pyridine rings is 1. The molecule has 10 heteroatoms. The average Bonchev–Trinajstić information content (AvgIpc) is 2.92. The van der Waals surface area contributed by atoms with Gasteiger partial charge in [-0.15, -0.1) is 10.2 Å². The first kappa shape index (κ1) is 19.4. The van der Waals surface area contributed by atoms with Gasteiger partial charge in [0.2, 0.25) is 5.88 Å². The molecule has 0 atom stereocenters. The summed E-state index contributed by atoms with van der Waals surface area (Å²) < 4.78 is 0. The Bertz CT molecular complexity index is 1090. The van der Waals surface area contributed by atoms with E-state index in [4.69, 9.17) is 39.9 Å². The van der Waals surface area contributed by atoms with Gasteiger partial charge in [0.05, 0.1) is 5.52 Å². The number of aromatic amines is 1. The highest BCUT2D eigenvalue weighted by molar-refractivity contribution is 6.45. The van der Waals surface area contributed by atoms with Crippen molar-refractivity contribution in [3.8, 4) is 5.88 Å². The summed E-state index contributed by atoms with van der Waals surface area (Å²) in [5.74, 6) is -1.30. The van der Waals surface area contributed by atoms with Gasteiger partial charge >= 0.3 is 5.97 Å². The van der Waals surface area contributed by atoms with E-state index < -0.39 is 11.7 Å². The molecular weight excluding hydrogens is 415 g/mol. The number of nitrogens with zero attached hydrogens (tertiary/aromatic N) is 3. The Hall–Kier alpha value is -2.35. The molecule has 0 amide bonds. The van der Waals surface area contributed by atoms with Crippen molar-refractivity contribution in [1.82, 2.24) is 9.97 Å². The monoisotopic (exact) mass is 426 g/mol. The van der Waals surface area contributed by atoms with Gasteiger partial charge in [-0.05, 0) is 23.6 Å². The van der Waals surface area contributed by atoms with Gasteiger partial charge in [-0.3, -0.25) is 0 Å². The number of carbonyl (C=O) groups is 1. The first-order valence-corrected chi connectivity index (χ1v) is 8.88. The number of azo groups is 1. The van der Waals surface area contributed by atoms with Gasteiger partial charge in [0.25, 0.3) is 0 Å². The smallest absolute Gasteiger partial charge is 0.356 e. The van der Waals surface area contributed by atoms with Crippen molar-refractivity contribution in [3.63, 3.8) is 0 Å². The Morgan fingerprint density at radius 3 is 2.44 bits per heavy atom. The molecule has 0 aliphatic rings. The Kier molecular flexibility index (Phi) is 5.28. The summed E-state index contributed by atoms with van der Waals surface area (Å²) >= 11 is 17.9. The van der Waals surface area contributed by atoms with Crippen molar-refractivity contribution in [1.29, 1.82) is 0 Å². The third-order valence-corrected chi connectivity index (χ3v) is 5.00. The number of carboxylic acid groups (broad SMARTS) is 1. The molecule has 27 heavy (non-hydrogen) atoms. The molecule has 0 radical (unpaired) electrons. The Labute approximate surface area is 168 Å². The molecule has 0 unspecified atom stereocenters. The number of H-pyrrole nitrogens is 1. The maximum absolute atomic E-state index is 11.2. The molecule has 0 saturated heterocycles. The van der Waals surface area contributed by atoms with Crippen LogP contribution in [0.3, 0.4) is 0 Å². The van der Waals surface area contributed by atoms with Crippen LogP contribution in [-0.4, -0.2) is 26.2 Å². The lowest BCUT2D eigenvalue weighted by molar-refractivity contribution is 0.0690. The predicted octanol–water partition coefficient (Wildman–Crippen LogP) is 6.47. The van der Waals surface area contributed by atoms with Crippen molar-refractivity contribution in [2.24, 2.45) is 10.2 Å². The van der Waals surface area contributed by atoms with E-state index in [0.717, 1.165) is 5.56 Å². The molecule has 0 saturated carbocycles. The van der Waals surface area contributed by atoms with E-state index in [1.54, 1.807) is 0 Å². The highest BCUT2D eigenvalue weighted by Crippen LogP contribution is 2.42. The van der Waals surface area contributed by atoms with Gasteiger partial charge in [0.1, 0.15) is 15.7 Å². The lowest BCUT2D eigenvalue weighted by Gasteiger charge is -2.06. The van der Waals surface area contributed by atoms with Crippen LogP contribution in [0.2, 0.25) is 15.2 Å². The van der Waals surface area contributed by atoms with Crippen LogP contribution >= 0.6 is 34.8 Å². The fourth-order valence-corrected chi connectivity index (χ4v) is 3.13. The minimum Gasteiger partial charge on any atom is -0.493 e. The summed E-state index contributed by atoms with van der Waals surface area (Å²) in [5.41, 5.74) is 1.25. The molecule has 7 nitrogen and oxygen atoms in total. The fraction of sp³-hybridized carbons (Fsp3) is 0.176. The minimum atomic E-state index is -1.38. The highest BCUT2D eigenvalue weighted by atomic mass is 35.5. The van der Waals surface area contributed by atoms with Crippen molar-refractivity contribution >= 4 is 63.0 Å². The normalized spacial score (nSPS) is 11.8. The SMILES string of the molecule is CC(C)c1ccc2[nH]c(O)c(N=Nc3c(Cl)c(Cl)nc(C(=O)O)c3Cl)c2c1. The molecule has 3 N–H and O–H groups in total. The zero-order valence-corrected chi connectivity index (χ0v) is 16.4. The first-order chi connectivity index (χ1) is 12.7. The number of hydrogen-bond acceptors (Lipinski definition) is 5. The van der Waals surface area contributed by atoms with Crippen molar-refractivity contribution < 1.29 is 15.0 Å². The summed E-state index contributed by atoms with van der Waals surface area (Å²) in [6.07, 6.45) is 0. The number of aromatic nitrogens is 2. The van der Waals surface area contributed by atoms with E-state index in [1.165, 1.54) is 0 Å². The minimum absolute atomic E-state index is 0.141. The lowest BCUT2D eigenvalue weighted by atomic mass is 10.0. The van der Waals surface area contributed by atoms with Gasteiger partial charge in [-0.2, -0.15) is 0 Å². The highest BCUT2D eigenvalue weighted by Gasteiger charge is 2.21. The number of rotatable bonds is 4. The van der Waals surface area contributed by atoms with Crippen LogP contribution in [-0.2, 0) is 0 Å². The first-order valence-electron chi connectivity index (χ1n) is 7.74. The molecule has 0 fully saturated rings. The van der Waals surface area contributed by atoms with Crippen LogP contribution in [0.1, 0.15) is 35.8 Å². The van der Waals surface area contributed by atoms with Crippen molar-refractivity contribution in [2.75, 3.05) is 0 Å². The number of carboxylic acids is 1. The largest absolute Gasteiger partial charge is 0.493 e. The molecule has 1 aromatic carbocycles. The van der Waals surface area contributed by atoms with E-state index in [0.29, 0.717) is 10.9 Å². The van der Waals surface area contributed by atoms with E-state index >= 15 is 0 Å². The van der Waals surface area contributed by atoms with Crippen LogP contribution in [0, 0.1) is 0 Å². The summed E-state index contributed by atoms with van der Waals surface area (Å²) in [7, 11) is 0. The molecule has 0 spiro atoms. The van der Waals surface area contributed by atoms with Gasteiger partial charge < -0.3 is 15.2 Å². The van der Waals surface area contributed by atoms with E-state index in [-0.39, 0.29) is 38.4 Å². The Balaban J connectivity index is 2.16. The van der Waals surface area contributed by atoms with Crippen LogP contribution in [0.5, 0.6) is 5.88 Å². The van der Waals surface area contributed by atoms with Crippen molar-refractivity contribution in [3.05, 3.63) is 44.7 Å². The average molecular weight is 428 g/mol. The number of hydrogen-bond donors (Lipinski definition) is 3. The Morgan fingerprint density at radius 1 is 1.15 bits per heavy atom. The second-order valence-electron chi connectivity index (χ2n) is 6.01. The third-order valence-electron chi connectivity index (χ3n) is 3.91. The van der Waals surface area contributed by atoms with Crippen LogP contribution < -0.4 is 0 Å². The second-order valence-corrected chi connectivity index (χ2v) is 7.13. The lowest BCUT2D eigenvalue weighted by Crippen LogP contribution is -2.02. The standard InChI is InChI=1S/C17H13Cl3N4O3/c1-6(2)7-3-4-9-8(5-7)12(16(25)21-9)23-24-13-10(18)14(17(26)27)22-15(20)11(13)19/h3-6,21,25H,1-2H3,(H,26,27). The molecule has 2 aromatic heterocycles. The van der Waals surface area contributed by atoms with E-state index in [9.17, 15) is 9.90 Å². The topological polar surface area (TPSA) is 111 Å². The molecule has 3 aromatic rings. The third kappa shape index (κ3) is 3.58. The van der Waals surface area contributed by atoms with E-state index in [2.05, 4.69) is 20.2 Å². The van der Waals surface area contributed by atoms with Gasteiger partial charge in [-0.25, -0.2) is 9.78 Å². The molecule has 2 heterocycles. The number of nitrogens with one attached hydrogen (secondary N) is 1.